The lowest BCUT2D eigenvalue weighted by molar-refractivity contribution is 1.13. The first-order valence-electron chi connectivity index (χ1n) is 5.60. The Morgan fingerprint density at radius 1 is 0.824 bits per heavy atom. The van der Waals surface area contributed by atoms with Crippen molar-refractivity contribution in [1.29, 1.82) is 5.41 Å². The second kappa shape index (κ2) is 4.83. The van der Waals surface area contributed by atoms with E-state index in [0.29, 0.717) is 5.71 Å². The normalized spacial score (nSPS) is 10.0. The maximum absolute atomic E-state index is 8.13. The number of hydrogen-bond donors (Lipinski definition) is 1. The van der Waals surface area contributed by atoms with E-state index in [1.807, 2.05) is 68.7 Å². The zero-order valence-electron chi connectivity index (χ0n) is 10.1. The molecule has 0 unspecified atom stereocenters. The molecule has 2 nitrogen and oxygen atoms in total. The van der Waals surface area contributed by atoms with E-state index >= 15 is 0 Å². The van der Waals surface area contributed by atoms with Gasteiger partial charge in [0.2, 0.25) is 0 Å². The van der Waals surface area contributed by atoms with Crippen molar-refractivity contribution in [3.8, 4) is 0 Å². The Labute approximate surface area is 102 Å². The van der Waals surface area contributed by atoms with Crippen molar-refractivity contribution in [3.63, 3.8) is 0 Å². The largest absolute Gasteiger partial charge is 0.378 e. The highest BCUT2D eigenvalue weighted by atomic mass is 15.1. The number of benzene rings is 2. The summed E-state index contributed by atoms with van der Waals surface area (Å²) in [6.07, 6.45) is 0. The fourth-order valence-electron chi connectivity index (χ4n) is 1.70. The van der Waals surface area contributed by atoms with Gasteiger partial charge in [0.05, 0.1) is 5.71 Å². The number of nitrogens with one attached hydrogen (secondary N) is 1. The minimum Gasteiger partial charge on any atom is -0.378 e. The zero-order chi connectivity index (χ0) is 12.3. The van der Waals surface area contributed by atoms with E-state index in [2.05, 4.69) is 4.90 Å². The van der Waals surface area contributed by atoms with Crippen LogP contribution in [0.3, 0.4) is 0 Å². The molecule has 0 heterocycles. The zero-order valence-corrected chi connectivity index (χ0v) is 10.1. The molecule has 0 amide bonds. The maximum atomic E-state index is 8.13. The Bertz CT molecular complexity index is 498. The predicted molar refractivity (Wildman–Crippen MR) is 73.1 cm³/mol. The molecule has 2 heteroatoms. The maximum Gasteiger partial charge on any atom is 0.0684 e. The van der Waals surface area contributed by atoms with Crippen LogP contribution in [0.5, 0.6) is 0 Å². The molecule has 86 valence electrons. The van der Waals surface area contributed by atoms with Gasteiger partial charge >= 0.3 is 0 Å². The molecule has 2 rings (SSSR count). The van der Waals surface area contributed by atoms with Crippen LogP contribution in [0.25, 0.3) is 0 Å². The molecule has 1 N–H and O–H groups in total. The number of nitrogens with zero attached hydrogens (tertiary/aromatic N) is 1. The minimum absolute atomic E-state index is 0.566. The molecule has 0 bridgehead atoms. The molecule has 0 radical (unpaired) electrons. The van der Waals surface area contributed by atoms with Crippen molar-refractivity contribution < 1.29 is 0 Å². The molecule has 2 aromatic carbocycles. The van der Waals surface area contributed by atoms with Crippen LogP contribution >= 0.6 is 0 Å². The van der Waals surface area contributed by atoms with E-state index in [1.165, 1.54) is 0 Å². The summed E-state index contributed by atoms with van der Waals surface area (Å²) in [4.78, 5) is 2.05. The van der Waals surface area contributed by atoms with Crippen molar-refractivity contribution in [2.45, 2.75) is 0 Å². The Hall–Kier alpha value is -2.09. The van der Waals surface area contributed by atoms with E-state index in [-0.39, 0.29) is 0 Å². The lowest BCUT2D eigenvalue weighted by Gasteiger charge is -2.13. The Morgan fingerprint density at radius 3 is 1.88 bits per heavy atom. The smallest absolute Gasteiger partial charge is 0.0684 e. The molecule has 0 saturated heterocycles. The van der Waals surface area contributed by atoms with Crippen molar-refractivity contribution in [3.05, 3.63) is 65.7 Å². The van der Waals surface area contributed by atoms with Gasteiger partial charge in [-0.2, -0.15) is 0 Å². The molecule has 0 spiro atoms. The lowest BCUT2D eigenvalue weighted by Crippen LogP contribution is -2.09. The average Bonchev–Trinajstić information content (AvgIpc) is 2.39. The Kier molecular flexibility index (Phi) is 3.24. The second-order valence-electron chi connectivity index (χ2n) is 4.18. The Morgan fingerprint density at radius 2 is 1.35 bits per heavy atom. The van der Waals surface area contributed by atoms with E-state index in [0.717, 1.165) is 16.8 Å². The van der Waals surface area contributed by atoms with Gasteiger partial charge in [0.1, 0.15) is 0 Å². The summed E-state index contributed by atoms with van der Waals surface area (Å²) in [5.74, 6) is 0. The van der Waals surface area contributed by atoms with Crippen LogP contribution in [-0.4, -0.2) is 19.8 Å². The van der Waals surface area contributed by atoms with Crippen molar-refractivity contribution in [2.24, 2.45) is 0 Å². The van der Waals surface area contributed by atoms with Gasteiger partial charge < -0.3 is 4.90 Å². The average molecular weight is 224 g/mol. The Balaban J connectivity index is 2.27. The van der Waals surface area contributed by atoms with Gasteiger partial charge in [-0.3, -0.25) is 5.41 Å². The fraction of sp³-hybridized carbons (Fsp3) is 0.133. The van der Waals surface area contributed by atoms with Crippen molar-refractivity contribution in [1.82, 2.24) is 0 Å². The van der Waals surface area contributed by atoms with Gasteiger partial charge in [-0.1, -0.05) is 42.5 Å². The highest BCUT2D eigenvalue weighted by Crippen LogP contribution is 2.15. The van der Waals surface area contributed by atoms with Gasteiger partial charge in [-0.05, 0) is 17.7 Å². The van der Waals surface area contributed by atoms with E-state index in [4.69, 9.17) is 5.41 Å². The molecule has 0 fully saturated rings. The number of rotatable bonds is 3. The van der Waals surface area contributed by atoms with Crippen LogP contribution in [-0.2, 0) is 0 Å². The third kappa shape index (κ3) is 2.53. The molecule has 0 aliphatic rings. The van der Waals surface area contributed by atoms with Crippen LogP contribution in [0.4, 0.5) is 5.69 Å². The molecule has 17 heavy (non-hydrogen) atoms. The van der Waals surface area contributed by atoms with E-state index < -0.39 is 0 Å². The second-order valence-corrected chi connectivity index (χ2v) is 4.18. The standard InChI is InChI=1S/C15H16N2/c1-17(2)14-10-8-13(9-11-14)15(16)12-6-4-3-5-7-12/h3-11,16H,1-2H3. The fourth-order valence-corrected chi connectivity index (χ4v) is 1.70. The lowest BCUT2D eigenvalue weighted by atomic mass is 10.0. The summed E-state index contributed by atoms with van der Waals surface area (Å²) in [6, 6.07) is 17.8. The van der Waals surface area contributed by atoms with Gasteiger partial charge in [0.15, 0.2) is 0 Å². The molecule has 0 aliphatic heterocycles. The van der Waals surface area contributed by atoms with E-state index in [9.17, 15) is 0 Å². The molecule has 0 aliphatic carbocycles. The summed E-state index contributed by atoms with van der Waals surface area (Å²) in [7, 11) is 4.02. The molecular weight excluding hydrogens is 208 g/mol. The molecule has 0 atom stereocenters. The predicted octanol–water partition coefficient (Wildman–Crippen LogP) is 3.17. The van der Waals surface area contributed by atoms with Gasteiger partial charge in [0.25, 0.3) is 0 Å². The van der Waals surface area contributed by atoms with Crippen LogP contribution in [0.2, 0.25) is 0 Å². The first-order valence-corrected chi connectivity index (χ1v) is 5.60. The summed E-state index contributed by atoms with van der Waals surface area (Å²) < 4.78 is 0. The molecular formula is C15H16N2. The highest BCUT2D eigenvalue weighted by Gasteiger charge is 2.04. The van der Waals surface area contributed by atoms with E-state index in [1.54, 1.807) is 0 Å². The topological polar surface area (TPSA) is 27.1 Å². The van der Waals surface area contributed by atoms with Crippen LogP contribution in [0.1, 0.15) is 11.1 Å². The number of hydrogen-bond acceptors (Lipinski definition) is 2. The first kappa shape index (κ1) is 11.4. The third-order valence-corrected chi connectivity index (χ3v) is 2.73. The summed E-state index contributed by atoms with van der Waals surface area (Å²) in [5.41, 5.74) is 3.61. The first-order chi connectivity index (χ1) is 8.18. The summed E-state index contributed by atoms with van der Waals surface area (Å²) >= 11 is 0. The molecule has 2 aromatic rings. The summed E-state index contributed by atoms with van der Waals surface area (Å²) in [6.45, 7) is 0. The monoisotopic (exact) mass is 224 g/mol. The van der Waals surface area contributed by atoms with Gasteiger partial charge in [0, 0.05) is 25.3 Å². The quantitative estimate of drug-likeness (QED) is 0.796. The van der Waals surface area contributed by atoms with Crippen molar-refractivity contribution in [2.75, 3.05) is 19.0 Å². The van der Waals surface area contributed by atoms with Crippen LogP contribution in [0, 0.1) is 5.41 Å². The summed E-state index contributed by atoms with van der Waals surface area (Å²) in [5, 5.41) is 8.13. The third-order valence-electron chi connectivity index (χ3n) is 2.73. The van der Waals surface area contributed by atoms with Gasteiger partial charge in [-0.15, -0.1) is 0 Å². The van der Waals surface area contributed by atoms with Crippen LogP contribution < -0.4 is 4.90 Å². The number of anilines is 1. The SMILES string of the molecule is CN(C)c1ccc(C(=N)c2ccccc2)cc1. The molecule has 0 saturated carbocycles. The van der Waals surface area contributed by atoms with Crippen LogP contribution in [0.15, 0.2) is 54.6 Å². The van der Waals surface area contributed by atoms with Crippen molar-refractivity contribution >= 4 is 11.4 Å². The van der Waals surface area contributed by atoms with Gasteiger partial charge in [-0.25, -0.2) is 0 Å². The minimum atomic E-state index is 0.566. The highest BCUT2D eigenvalue weighted by molar-refractivity contribution is 6.10. The molecule has 0 aromatic heterocycles.